The fourth-order valence-electron chi connectivity index (χ4n) is 5.54. The van der Waals surface area contributed by atoms with Crippen LogP contribution < -0.4 is 5.73 Å². The Hall–Kier alpha value is -1.10. The van der Waals surface area contributed by atoms with Crippen LogP contribution in [0.5, 0.6) is 0 Å². The Labute approximate surface area is 269 Å². The molecule has 0 spiro atoms. The van der Waals surface area contributed by atoms with Gasteiger partial charge in [0, 0.05) is 12.8 Å². The molecule has 0 unspecified atom stereocenters. The summed E-state index contributed by atoms with van der Waals surface area (Å²) in [4.78, 5) is 21.8. The van der Waals surface area contributed by atoms with Crippen LogP contribution in [0.25, 0.3) is 0 Å². The molecule has 0 atom stereocenters. The molecule has 0 heterocycles. The van der Waals surface area contributed by atoms with Gasteiger partial charge in [-0.1, -0.05) is 194 Å². The lowest BCUT2D eigenvalue weighted by Crippen LogP contribution is -2.09. The van der Waals surface area contributed by atoms with Crippen molar-refractivity contribution in [3.63, 3.8) is 0 Å². The van der Waals surface area contributed by atoms with E-state index in [0.29, 0.717) is 12.8 Å². The van der Waals surface area contributed by atoms with Crippen LogP contribution in [-0.2, 0) is 14.3 Å². The Balaban J connectivity index is 0. The quantitative estimate of drug-likeness (QED) is 0.0559. The summed E-state index contributed by atoms with van der Waals surface area (Å²) in [5.74, 6) is -0.326. The summed E-state index contributed by atoms with van der Waals surface area (Å²) in [7, 11) is 0. The summed E-state index contributed by atoms with van der Waals surface area (Å²) in [6.07, 6.45) is 41.3. The van der Waals surface area contributed by atoms with Gasteiger partial charge < -0.3 is 15.6 Å². The van der Waals surface area contributed by atoms with E-state index in [9.17, 15) is 9.59 Å². The second-order valence-corrected chi connectivity index (χ2v) is 12.8. The lowest BCUT2D eigenvalue weighted by atomic mass is 10.0. The molecule has 0 aliphatic heterocycles. The lowest BCUT2D eigenvalue weighted by molar-refractivity contribution is -0.144. The number of aliphatic hydroxyl groups excluding tert-OH is 1. The molecule has 0 bridgehead atoms. The Morgan fingerprint density at radius 3 is 0.953 bits per heavy atom. The number of primary amides is 1. The zero-order valence-corrected chi connectivity index (χ0v) is 29.3. The molecule has 5 heteroatoms. The molecule has 43 heavy (non-hydrogen) atoms. The van der Waals surface area contributed by atoms with Crippen LogP contribution in [0.15, 0.2) is 0 Å². The molecule has 3 N–H and O–H groups in total. The van der Waals surface area contributed by atoms with E-state index in [-0.39, 0.29) is 25.1 Å². The van der Waals surface area contributed by atoms with Crippen molar-refractivity contribution in [3.8, 4) is 0 Å². The maximum absolute atomic E-state index is 11.2. The van der Waals surface area contributed by atoms with E-state index >= 15 is 0 Å². The fraction of sp³-hybridized carbons (Fsp3) is 0.947. The molecule has 0 radical (unpaired) electrons. The SMILES string of the molecule is CCCCCCCCCCCCCCCCCC(=O)OCCO.CCCCCCCCCCCCCCCCCC(N)=O. The molecule has 0 aliphatic carbocycles. The molecular formula is C38H77NO4. The number of carbonyl (C=O) groups is 2. The van der Waals surface area contributed by atoms with Crippen molar-refractivity contribution in [1.29, 1.82) is 0 Å². The molecule has 0 rings (SSSR count). The summed E-state index contributed by atoms with van der Waals surface area (Å²) in [5.41, 5.74) is 5.11. The van der Waals surface area contributed by atoms with Crippen LogP contribution in [0.4, 0.5) is 0 Å². The molecule has 0 fully saturated rings. The lowest BCUT2D eigenvalue weighted by Gasteiger charge is -2.04. The Bertz CT molecular complexity index is 540. The van der Waals surface area contributed by atoms with Crippen LogP contribution in [-0.4, -0.2) is 30.2 Å². The number of rotatable bonds is 34. The van der Waals surface area contributed by atoms with Gasteiger partial charge in [0.1, 0.15) is 6.61 Å². The summed E-state index contributed by atoms with van der Waals surface area (Å²) in [6.45, 7) is 4.60. The average molecular weight is 612 g/mol. The van der Waals surface area contributed by atoms with Gasteiger partial charge in [-0.15, -0.1) is 0 Å². The van der Waals surface area contributed by atoms with Gasteiger partial charge >= 0.3 is 5.97 Å². The number of amides is 1. The third-order valence-corrected chi connectivity index (χ3v) is 8.37. The van der Waals surface area contributed by atoms with E-state index in [0.717, 1.165) is 19.3 Å². The van der Waals surface area contributed by atoms with Crippen LogP contribution >= 0.6 is 0 Å². The number of unbranched alkanes of at least 4 members (excludes halogenated alkanes) is 28. The molecule has 0 aromatic carbocycles. The van der Waals surface area contributed by atoms with Crippen molar-refractivity contribution >= 4 is 11.9 Å². The van der Waals surface area contributed by atoms with E-state index < -0.39 is 0 Å². The number of hydrogen-bond acceptors (Lipinski definition) is 4. The van der Waals surface area contributed by atoms with Gasteiger partial charge in [-0.3, -0.25) is 9.59 Å². The molecule has 0 aromatic heterocycles. The maximum Gasteiger partial charge on any atom is 0.305 e. The number of aliphatic hydroxyl groups is 1. The average Bonchev–Trinajstić information content (AvgIpc) is 3.00. The normalized spacial score (nSPS) is 10.9. The monoisotopic (exact) mass is 612 g/mol. The van der Waals surface area contributed by atoms with Gasteiger partial charge in [0.25, 0.3) is 0 Å². The molecule has 0 aromatic rings. The minimum Gasteiger partial charge on any atom is -0.463 e. The smallest absolute Gasteiger partial charge is 0.305 e. The first-order valence-electron chi connectivity index (χ1n) is 19.1. The highest BCUT2D eigenvalue weighted by Crippen LogP contribution is 2.15. The maximum atomic E-state index is 11.2. The Kier molecular flexibility index (Phi) is 41.9. The molecule has 0 aliphatic rings. The number of hydrogen-bond donors (Lipinski definition) is 2. The standard InChI is InChI=1S/C20H40O3.C18H37NO/c1-2-3-4-5-6-7-8-9-10-11-12-13-14-15-16-17-20(22)23-19-18-21;1-2-3-4-5-6-7-8-9-10-11-12-13-14-15-16-17-18(19)20/h21H,2-19H2,1H3;2-17H2,1H3,(H2,19,20). The largest absolute Gasteiger partial charge is 0.463 e. The second kappa shape index (κ2) is 40.9. The van der Waals surface area contributed by atoms with Gasteiger partial charge in [-0.2, -0.15) is 0 Å². The van der Waals surface area contributed by atoms with Crippen LogP contribution in [0.2, 0.25) is 0 Å². The molecular weight excluding hydrogens is 534 g/mol. The second-order valence-electron chi connectivity index (χ2n) is 12.8. The zero-order valence-electron chi connectivity index (χ0n) is 29.3. The number of nitrogens with two attached hydrogens (primary N) is 1. The summed E-state index contributed by atoms with van der Waals surface area (Å²) in [5, 5.41) is 8.54. The van der Waals surface area contributed by atoms with Gasteiger partial charge in [0.2, 0.25) is 5.91 Å². The highest BCUT2D eigenvalue weighted by Gasteiger charge is 2.02. The minimum atomic E-state index is -0.172. The summed E-state index contributed by atoms with van der Waals surface area (Å²) in [6, 6.07) is 0. The number of esters is 1. The number of carbonyl (C=O) groups excluding carboxylic acids is 2. The van der Waals surface area contributed by atoms with Crippen molar-refractivity contribution in [2.24, 2.45) is 5.73 Å². The van der Waals surface area contributed by atoms with Crippen molar-refractivity contribution in [1.82, 2.24) is 0 Å². The third kappa shape index (κ3) is 45.5. The molecule has 258 valence electrons. The predicted molar refractivity (Wildman–Crippen MR) is 186 cm³/mol. The molecule has 0 saturated heterocycles. The topological polar surface area (TPSA) is 89.6 Å². The predicted octanol–water partition coefficient (Wildman–Crippen LogP) is 11.5. The third-order valence-electron chi connectivity index (χ3n) is 8.37. The Morgan fingerprint density at radius 1 is 0.442 bits per heavy atom. The van der Waals surface area contributed by atoms with Gasteiger partial charge in [0.05, 0.1) is 6.61 Å². The highest BCUT2D eigenvalue weighted by molar-refractivity contribution is 5.73. The summed E-state index contributed by atoms with van der Waals surface area (Å²) < 4.78 is 4.82. The van der Waals surface area contributed by atoms with Crippen molar-refractivity contribution in [2.45, 2.75) is 219 Å². The van der Waals surface area contributed by atoms with Crippen molar-refractivity contribution in [2.75, 3.05) is 13.2 Å². The molecule has 5 nitrogen and oxygen atoms in total. The Morgan fingerprint density at radius 2 is 0.698 bits per heavy atom. The first-order chi connectivity index (χ1) is 21.1. The first kappa shape index (κ1) is 44.0. The van der Waals surface area contributed by atoms with E-state index in [1.807, 2.05) is 0 Å². The van der Waals surface area contributed by atoms with Crippen LogP contribution in [0.1, 0.15) is 219 Å². The zero-order chi connectivity index (χ0) is 31.9. The number of ether oxygens (including phenoxy) is 1. The minimum absolute atomic E-state index is 0.0788. The van der Waals surface area contributed by atoms with E-state index in [1.54, 1.807) is 0 Å². The first-order valence-corrected chi connectivity index (χ1v) is 19.1. The van der Waals surface area contributed by atoms with Crippen molar-refractivity contribution in [3.05, 3.63) is 0 Å². The van der Waals surface area contributed by atoms with Crippen molar-refractivity contribution < 1.29 is 19.4 Å². The molecule has 1 amide bonds. The van der Waals surface area contributed by atoms with Gasteiger partial charge in [0.15, 0.2) is 0 Å². The van der Waals surface area contributed by atoms with E-state index in [2.05, 4.69) is 13.8 Å². The highest BCUT2D eigenvalue weighted by atomic mass is 16.5. The van der Waals surface area contributed by atoms with E-state index in [1.165, 1.54) is 173 Å². The van der Waals surface area contributed by atoms with E-state index in [4.69, 9.17) is 15.6 Å². The van der Waals surface area contributed by atoms with Crippen LogP contribution in [0.3, 0.4) is 0 Å². The van der Waals surface area contributed by atoms with Gasteiger partial charge in [-0.25, -0.2) is 0 Å². The molecule has 0 saturated carbocycles. The van der Waals surface area contributed by atoms with Gasteiger partial charge in [-0.05, 0) is 12.8 Å². The fourth-order valence-corrected chi connectivity index (χ4v) is 5.54. The van der Waals surface area contributed by atoms with Crippen LogP contribution in [0, 0.1) is 0 Å². The summed E-state index contributed by atoms with van der Waals surface area (Å²) >= 11 is 0.